The van der Waals surface area contributed by atoms with E-state index in [0.29, 0.717) is 27.3 Å². The van der Waals surface area contributed by atoms with Crippen LogP contribution in [-0.2, 0) is 4.79 Å². The number of ether oxygens (including phenoxy) is 3. The Morgan fingerprint density at radius 2 is 1.91 bits per heavy atom. The van der Waals surface area contributed by atoms with Gasteiger partial charge >= 0.3 is 0 Å². The van der Waals surface area contributed by atoms with Gasteiger partial charge in [-0.3, -0.25) is 14.9 Å². The summed E-state index contributed by atoms with van der Waals surface area (Å²) in [4.78, 5) is 22.7. The molecule has 126 valence electrons. The Bertz CT molecular complexity index is 636. The van der Waals surface area contributed by atoms with E-state index < -0.39 is 12.1 Å². The molecule has 1 fully saturated rings. The molecule has 1 amide bonds. The smallest absolute Gasteiger partial charge is 0.237 e. The van der Waals surface area contributed by atoms with Gasteiger partial charge < -0.3 is 19.5 Å². The van der Waals surface area contributed by atoms with Crippen LogP contribution in [0.3, 0.4) is 0 Å². The van der Waals surface area contributed by atoms with Crippen molar-refractivity contribution in [2.45, 2.75) is 24.9 Å². The molecule has 0 saturated carbocycles. The molecule has 1 heterocycles. The Labute approximate surface area is 141 Å². The van der Waals surface area contributed by atoms with Gasteiger partial charge in [0, 0.05) is 23.3 Å². The number of methoxy groups -OCH3 is 3. The van der Waals surface area contributed by atoms with Gasteiger partial charge in [0.1, 0.15) is 6.04 Å². The largest absolute Gasteiger partial charge is 0.493 e. The van der Waals surface area contributed by atoms with E-state index in [1.807, 2.05) is 0 Å². The van der Waals surface area contributed by atoms with E-state index in [4.69, 9.17) is 14.2 Å². The highest BCUT2D eigenvalue weighted by atomic mass is 79.9. The Balaban J connectivity index is 2.60. The van der Waals surface area contributed by atoms with Gasteiger partial charge in [0.15, 0.2) is 11.5 Å². The van der Waals surface area contributed by atoms with Gasteiger partial charge in [0.2, 0.25) is 17.7 Å². The Hall–Kier alpha value is -2.03. The first-order valence-corrected chi connectivity index (χ1v) is 7.65. The lowest BCUT2D eigenvalue weighted by Gasteiger charge is -2.28. The summed E-state index contributed by atoms with van der Waals surface area (Å²) < 4.78 is 16.4. The van der Waals surface area contributed by atoms with Crippen molar-refractivity contribution >= 4 is 21.8 Å². The second-order valence-electron chi connectivity index (χ2n) is 4.99. The molecule has 8 nitrogen and oxygen atoms in total. The van der Waals surface area contributed by atoms with Crippen molar-refractivity contribution in [1.82, 2.24) is 5.32 Å². The van der Waals surface area contributed by atoms with Crippen LogP contribution in [0.25, 0.3) is 0 Å². The lowest BCUT2D eigenvalue weighted by atomic mass is 9.92. The summed E-state index contributed by atoms with van der Waals surface area (Å²) in [6.45, 7) is 0. The number of hydrogen-bond donors (Lipinski definition) is 1. The van der Waals surface area contributed by atoms with Crippen LogP contribution in [0.1, 0.15) is 24.4 Å². The van der Waals surface area contributed by atoms with Crippen molar-refractivity contribution in [2.24, 2.45) is 0 Å². The standard InChI is InChI=1S/C14H17BrN2O6/c1-21-9-6-7(11(15)14(23-3)13(9)22-2)12-8(17(19)20)4-5-10(18)16-12/h6,8,12H,4-5H2,1-3H3,(H,16,18)/t8-,12-/m0/s1. The maximum Gasteiger partial charge on any atom is 0.237 e. The summed E-state index contributed by atoms with van der Waals surface area (Å²) >= 11 is 3.39. The lowest BCUT2D eigenvalue weighted by Crippen LogP contribution is -2.45. The van der Waals surface area contributed by atoms with Gasteiger partial charge in [-0.1, -0.05) is 0 Å². The number of benzene rings is 1. The number of carbonyl (C=O) groups excluding carboxylic acids is 1. The van der Waals surface area contributed by atoms with Crippen LogP contribution in [0, 0.1) is 10.1 Å². The second-order valence-corrected chi connectivity index (χ2v) is 5.78. The minimum atomic E-state index is -0.924. The number of halogens is 1. The summed E-state index contributed by atoms with van der Waals surface area (Å²) in [6.07, 6.45) is 0.302. The summed E-state index contributed by atoms with van der Waals surface area (Å²) in [6, 6.07) is -0.0980. The summed E-state index contributed by atoms with van der Waals surface area (Å²) in [5.74, 6) is 0.854. The molecule has 9 heteroatoms. The lowest BCUT2D eigenvalue weighted by molar-refractivity contribution is -0.529. The quantitative estimate of drug-likeness (QED) is 0.612. The molecule has 0 aliphatic carbocycles. The zero-order valence-corrected chi connectivity index (χ0v) is 14.5. The van der Waals surface area contributed by atoms with Crippen LogP contribution >= 0.6 is 15.9 Å². The third-order valence-electron chi connectivity index (χ3n) is 3.77. The molecule has 1 aromatic carbocycles. The molecule has 0 spiro atoms. The summed E-state index contributed by atoms with van der Waals surface area (Å²) in [5.41, 5.74) is 0.509. The topological polar surface area (TPSA) is 99.9 Å². The van der Waals surface area contributed by atoms with Gasteiger partial charge in [-0.2, -0.15) is 0 Å². The number of amides is 1. The molecule has 1 aliphatic rings. The van der Waals surface area contributed by atoms with Gasteiger partial charge in [-0.05, 0) is 22.0 Å². The highest BCUT2D eigenvalue weighted by molar-refractivity contribution is 9.10. The monoisotopic (exact) mass is 388 g/mol. The highest BCUT2D eigenvalue weighted by Gasteiger charge is 2.40. The normalized spacial score (nSPS) is 20.6. The highest BCUT2D eigenvalue weighted by Crippen LogP contribution is 2.47. The fourth-order valence-electron chi connectivity index (χ4n) is 2.67. The molecule has 2 rings (SSSR count). The maximum absolute atomic E-state index is 11.7. The molecule has 1 saturated heterocycles. The first-order valence-electron chi connectivity index (χ1n) is 6.85. The van der Waals surface area contributed by atoms with Crippen molar-refractivity contribution in [3.8, 4) is 17.2 Å². The number of nitro groups is 1. The fraction of sp³-hybridized carbons (Fsp3) is 0.500. The summed E-state index contributed by atoms with van der Waals surface area (Å²) in [5, 5.41) is 14.0. The molecule has 1 N–H and O–H groups in total. The second kappa shape index (κ2) is 7.03. The van der Waals surface area contributed by atoms with Gasteiger partial charge in [0.25, 0.3) is 0 Å². The number of nitrogens with one attached hydrogen (secondary N) is 1. The molecule has 1 aliphatic heterocycles. The van der Waals surface area contributed by atoms with Crippen molar-refractivity contribution in [2.75, 3.05) is 21.3 Å². The molecule has 1 aromatic rings. The van der Waals surface area contributed by atoms with E-state index in [1.165, 1.54) is 21.3 Å². The Kier molecular flexibility index (Phi) is 5.30. The average Bonchev–Trinajstić information content (AvgIpc) is 2.53. The van der Waals surface area contributed by atoms with E-state index in [2.05, 4.69) is 21.2 Å². The van der Waals surface area contributed by atoms with Gasteiger partial charge in [0.05, 0.1) is 25.8 Å². The predicted octanol–water partition coefficient (Wildman–Crippen LogP) is 2.07. The van der Waals surface area contributed by atoms with E-state index in [9.17, 15) is 14.9 Å². The zero-order valence-electron chi connectivity index (χ0n) is 12.9. The van der Waals surface area contributed by atoms with Crippen molar-refractivity contribution in [3.63, 3.8) is 0 Å². The van der Waals surface area contributed by atoms with E-state index in [1.54, 1.807) is 6.07 Å². The summed E-state index contributed by atoms with van der Waals surface area (Å²) in [7, 11) is 4.38. The van der Waals surface area contributed by atoms with Crippen LogP contribution in [0.2, 0.25) is 0 Å². The van der Waals surface area contributed by atoms with Gasteiger partial charge in [-0.15, -0.1) is 0 Å². The molecule has 0 radical (unpaired) electrons. The third kappa shape index (κ3) is 3.19. The van der Waals surface area contributed by atoms with Crippen LogP contribution in [0.5, 0.6) is 17.2 Å². The molecular weight excluding hydrogens is 372 g/mol. The first-order chi connectivity index (χ1) is 10.9. The van der Waals surface area contributed by atoms with Crippen LogP contribution in [0.4, 0.5) is 0 Å². The first kappa shape index (κ1) is 17.3. The zero-order chi connectivity index (χ0) is 17.1. The third-order valence-corrected chi connectivity index (χ3v) is 4.59. The number of carbonyl (C=O) groups is 1. The van der Waals surface area contributed by atoms with Crippen molar-refractivity contribution in [3.05, 3.63) is 26.2 Å². The SMILES string of the molecule is COc1cc([C@@H]2NC(=O)CC[C@@H]2[N+](=O)[O-])c(Br)c(OC)c1OC. The van der Waals surface area contributed by atoms with E-state index in [0.717, 1.165) is 0 Å². The maximum atomic E-state index is 11.7. The van der Waals surface area contributed by atoms with Gasteiger partial charge in [-0.25, -0.2) is 0 Å². The number of hydrogen-bond acceptors (Lipinski definition) is 6. The molecule has 2 atom stereocenters. The molecule has 0 bridgehead atoms. The molecule has 23 heavy (non-hydrogen) atoms. The minimum Gasteiger partial charge on any atom is -0.493 e. The average molecular weight is 389 g/mol. The van der Waals surface area contributed by atoms with Crippen molar-refractivity contribution in [1.29, 1.82) is 0 Å². The predicted molar refractivity (Wildman–Crippen MR) is 84.7 cm³/mol. The number of rotatable bonds is 5. The Morgan fingerprint density at radius 3 is 2.43 bits per heavy atom. The van der Waals surface area contributed by atoms with Crippen LogP contribution < -0.4 is 19.5 Å². The number of nitrogens with zero attached hydrogens (tertiary/aromatic N) is 1. The van der Waals surface area contributed by atoms with Crippen molar-refractivity contribution < 1.29 is 23.9 Å². The van der Waals surface area contributed by atoms with E-state index >= 15 is 0 Å². The molecule has 0 unspecified atom stereocenters. The fourth-order valence-corrected chi connectivity index (χ4v) is 3.37. The molecule has 0 aromatic heterocycles. The number of piperidine rings is 1. The van der Waals surface area contributed by atoms with Crippen LogP contribution in [0.15, 0.2) is 10.5 Å². The Morgan fingerprint density at radius 1 is 1.26 bits per heavy atom. The minimum absolute atomic E-state index is 0.129. The molecular formula is C14H17BrN2O6. The van der Waals surface area contributed by atoms with E-state index in [-0.39, 0.29) is 23.7 Å². The van der Waals surface area contributed by atoms with Crippen LogP contribution in [-0.4, -0.2) is 38.2 Å².